The van der Waals surface area contributed by atoms with Crippen LogP contribution in [0.5, 0.6) is 5.75 Å². The van der Waals surface area contributed by atoms with Gasteiger partial charge in [-0.05, 0) is 61.5 Å². The molecule has 0 fully saturated rings. The highest BCUT2D eigenvalue weighted by Crippen LogP contribution is 2.24. The molecule has 128 valence electrons. The summed E-state index contributed by atoms with van der Waals surface area (Å²) in [5.41, 5.74) is 3.20. The Morgan fingerprint density at radius 2 is 1.72 bits per heavy atom. The summed E-state index contributed by atoms with van der Waals surface area (Å²) >= 11 is 0. The molecule has 0 aliphatic rings. The number of methoxy groups -OCH3 is 1. The van der Waals surface area contributed by atoms with Crippen molar-refractivity contribution in [3.8, 4) is 5.75 Å². The molecular weight excluding hydrogens is 318 g/mol. The van der Waals surface area contributed by atoms with Gasteiger partial charge in [0.15, 0.2) is 5.76 Å². The van der Waals surface area contributed by atoms with Crippen LogP contribution in [-0.4, -0.2) is 13.0 Å². The Hall–Kier alpha value is -3.08. The Balaban J connectivity index is 2.01. The minimum atomic E-state index is -0.553. The van der Waals surface area contributed by atoms with E-state index in [2.05, 4.69) is 5.32 Å². The fourth-order valence-corrected chi connectivity index (χ4v) is 2.96. The smallest absolute Gasteiger partial charge is 0.344 e. The highest BCUT2D eigenvalue weighted by atomic mass is 16.5. The van der Waals surface area contributed by atoms with Crippen molar-refractivity contribution in [1.29, 1.82) is 0 Å². The molecule has 3 rings (SSSR count). The van der Waals surface area contributed by atoms with Crippen LogP contribution in [0.4, 0.5) is 5.69 Å². The number of anilines is 1. The van der Waals surface area contributed by atoms with E-state index in [0.717, 1.165) is 22.4 Å². The lowest BCUT2D eigenvalue weighted by molar-refractivity contribution is 0.0993. The van der Waals surface area contributed by atoms with Crippen molar-refractivity contribution in [2.45, 2.75) is 20.8 Å². The molecule has 0 spiro atoms. The van der Waals surface area contributed by atoms with Crippen molar-refractivity contribution < 1.29 is 13.9 Å². The summed E-state index contributed by atoms with van der Waals surface area (Å²) in [5, 5.41) is 3.84. The van der Waals surface area contributed by atoms with Gasteiger partial charge in [0.25, 0.3) is 5.91 Å². The second-order valence-corrected chi connectivity index (χ2v) is 6.08. The lowest BCUT2D eigenvalue weighted by Crippen LogP contribution is -2.16. The molecule has 0 saturated carbocycles. The van der Waals surface area contributed by atoms with Gasteiger partial charge in [-0.3, -0.25) is 4.79 Å². The number of amides is 1. The van der Waals surface area contributed by atoms with E-state index >= 15 is 0 Å². The van der Waals surface area contributed by atoms with Crippen LogP contribution < -0.4 is 15.7 Å². The van der Waals surface area contributed by atoms with Gasteiger partial charge in [0.1, 0.15) is 5.75 Å². The van der Waals surface area contributed by atoms with Gasteiger partial charge in [-0.15, -0.1) is 0 Å². The van der Waals surface area contributed by atoms with E-state index in [1.807, 2.05) is 32.9 Å². The minimum absolute atomic E-state index is 0.0369. The Bertz CT molecular complexity index is 1010. The van der Waals surface area contributed by atoms with Crippen molar-refractivity contribution in [2.75, 3.05) is 12.4 Å². The lowest BCUT2D eigenvalue weighted by atomic mass is 10.0. The van der Waals surface area contributed by atoms with Gasteiger partial charge < -0.3 is 14.5 Å². The van der Waals surface area contributed by atoms with E-state index in [0.29, 0.717) is 16.5 Å². The Kier molecular flexibility index (Phi) is 4.31. The molecule has 25 heavy (non-hydrogen) atoms. The number of hydrogen-bond acceptors (Lipinski definition) is 4. The molecule has 3 aromatic rings. The molecule has 0 radical (unpaired) electrons. The Morgan fingerprint density at radius 1 is 1.04 bits per heavy atom. The zero-order chi connectivity index (χ0) is 18.1. The van der Waals surface area contributed by atoms with Crippen molar-refractivity contribution in [3.63, 3.8) is 0 Å². The lowest BCUT2D eigenvalue weighted by Gasteiger charge is -2.12. The summed E-state index contributed by atoms with van der Waals surface area (Å²) in [6.45, 7) is 5.86. The topological polar surface area (TPSA) is 68.5 Å². The number of hydrogen-bond donors (Lipinski definition) is 1. The average Bonchev–Trinajstić information content (AvgIpc) is 2.57. The molecular formula is C20H19NO4. The Morgan fingerprint density at radius 3 is 2.36 bits per heavy atom. The quantitative estimate of drug-likeness (QED) is 0.785. The highest BCUT2D eigenvalue weighted by Gasteiger charge is 2.15. The number of rotatable bonds is 3. The number of nitrogens with one attached hydrogen (secondary N) is 1. The van der Waals surface area contributed by atoms with Gasteiger partial charge in [0.2, 0.25) is 0 Å². The maximum absolute atomic E-state index is 12.6. The fraction of sp³-hybridized carbons (Fsp3) is 0.200. The van der Waals surface area contributed by atoms with Crippen LogP contribution in [-0.2, 0) is 0 Å². The third-order valence-electron chi connectivity index (χ3n) is 4.11. The largest absolute Gasteiger partial charge is 0.497 e. The zero-order valence-corrected chi connectivity index (χ0v) is 14.6. The molecule has 0 aliphatic carbocycles. The zero-order valence-electron chi connectivity index (χ0n) is 14.6. The molecule has 2 aromatic carbocycles. The first-order valence-corrected chi connectivity index (χ1v) is 7.90. The van der Waals surface area contributed by atoms with Gasteiger partial charge in [-0.25, -0.2) is 4.79 Å². The second kappa shape index (κ2) is 6.43. The standard InChI is InChI=1S/C20H19NO4/c1-11-7-12(2)18(13(3)8-11)21-19(22)17-10-14-9-15(24-4)5-6-16(14)20(23)25-17/h5-10H,1-4H3,(H,21,22). The first-order chi connectivity index (χ1) is 11.9. The molecule has 1 amide bonds. The molecule has 5 nitrogen and oxygen atoms in total. The number of carbonyl (C=O) groups excluding carboxylic acids is 1. The van der Waals surface area contributed by atoms with Crippen LogP contribution in [0.2, 0.25) is 0 Å². The third kappa shape index (κ3) is 3.26. The molecule has 0 aliphatic heterocycles. The third-order valence-corrected chi connectivity index (χ3v) is 4.11. The second-order valence-electron chi connectivity index (χ2n) is 6.08. The summed E-state index contributed by atoms with van der Waals surface area (Å²) in [7, 11) is 1.54. The van der Waals surface area contributed by atoms with Crippen LogP contribution in [0, 0.1) is 20.8 Å². The number of ether oxygens (including phenoxy) is 1. The fourth-order valence-electron chi connectivity index (χ4n) is 2.96. The summed E-state index contributed by atoms with van der Waals surface area (Å²) in [6.07, 6.45) is 0. The predicted octanol–water partition coefficient (Wildman–Crippen LogP) is 3.98. The van der Waals surface area contributed by atoms with E-state index in [1.165, 1.54) is 0 Å². The van der Waals surface area contributed by atoms with Gasteiger partial charge >= 0.3 is 5.63 Å². The van der Waals surface area contributed by atoms with E-state index in [1.54, 1.807) is 31.4 Å². The first-order valence-electron chi connectivity index (χ1n) is 7.90. The average molecular weight is 337 g/mol. The van der Waals surface area contributed by atoms with Crippen LogP contribution in [0.1, 0.15) is 27.2 Å². The van der Waals surface area contributed by atoms with Gasteiger partial charge in [-0.2, -0.15) is 0 Å². The van der Waals surface area contributed by atoms with Crippen molar-refractivity contribution in [1.82, 2.24) is 0 Å². The summed E-state index contributed by atoms with van der Waals surface area (Å²) < 4.78 is 10.4. The number of carbonyl (C=O) groups is 1. The monoisotopic (exact) mass is 337 g/mol. The molecule has 0 bridgehead atoms. The minimum Gasteiger partial charge on any atom is -0.497 e. The molecule has 1 aromatic heterocycles. The van der Waals surface area contributed by atoms with Crippen molar-refractivity contribution in [2.24, 2.45) is 0 Å². The number of aryl methyl sites for hydroxylation is 3. The molecule has 0 unspecified atom stereocenters. The van der Waals surface area contributed by atoms with Crippen LogP contribution in [0.3, 0.4) is 0 Å². The molecule has 0 saturated heterocycles. The SMILES string of the molecule is COc1ccc2c(=O)oc(C(=O)Nc3c(C)cc(C)cc3C)cc2c1. The normalized spacial score (nSPS) is 10.7. The number of fused-ring (bicyclic) bond motifs is 1. The van der Waals surface area contributed by atoms with Crippen molar-refractivity contribution in [3.05, 3.63) is 69.3 Å². The first kappa shape index (κ1) is 16.8. The molecule has 1 N–H and O–H groups in total. The molecule has 1 heterocycles. The number of benzene rings is 2. The molecule has 0 atom stereocenters. The van der Waals surface area contributed by atoms with Gasteiger partial charge in [0.05, 0.1) is 12.5 Å². The summed E-state index contributed by atoms with van der Waals surface area (Å²) in [5.74, 6) is 0.108. The van der Waals surface area contributed by atoms with Gasteiger partial charge in [-0.1, -0.05) is 17.7 Å². The van der Waals surface area contributed by atoms with E-state index < -0.39 is 11.5 Å². The van der Waals surface area contributed by atoms with E-state index in [4.69, 9.17) is 9.15 Å². The maximum atomic E-state index is 12.6. The summed E-state index contributed by atoms with van der Waals surface area (Å²) in [4.78, 5) is 24.7. The van der Waals surface area contributed by atoms with Crippen LogP contribution in [0.15, 0.2) is 45.6 Å². The van der Waals surface area contributed by atoms with E-state index in [-0.39, 0.29) is 5.76 Å². The van der Waals surface area contributed by atoms with Crippen LogP contribution in [0.25, 0.3) is 10.8 Å². The highest BCUT2D eigenvalue weighted by molar-refractivity contribution is 6.04. The van der Waals surface area contributed by atoms with E-state index in [9.17, 15) is 9.59 Å². The van der Waals surface area contributed by atoms with Gasteiger partial charge in [0, 0.05) is 5.69 Å². The van der Waals surface area contributed by atoms with Crippen molar-refractivity contribution >= 4 is 22.4 Å². The van der Waals surface area contributed by atoms with Crippen LogP contribution >= 0.6 is 0 Å². The predicted molar refractivity (Wildman–Crippen MR) is 97.6 cm³/mol. The maximum Gasteiger partial charge on any atom is 0.344 e. The molecule has 5 heteroatoms. The summed E-state index contributed by atoms with van der Waals surface area (Å²) in [6, 6.07) is 10.5. The Labute approximate surface area is 145 Å².